The monoisotopic (exact) mass is 508 g/mol. The molecule has 2 aromatic heterocycles. The van der Waals surface area contributed by atoms with Gasteiger partial charge in [-0.05, 0) is 69.0 Å². The van der Waals surface area contributed by atoms with Gasteiger partial charge in [-0.2, -0.15) is 15.1 Å². The highest BCUT2D eigenvalue weighted by molar-refractivity contribution is 5.82. The van der Waals surface area contributed by atoms with Crippen molar-refractivity contribution in [1.82, 2.24) is 24.6 Å². The maximum Gasteiger partial charge on any atom is 0.320 e. The van der Waals surface area contributed by atoms with Gasteiger partial charge in [0, 0.05) is 18.0 Å². The summed E-state index contributed by atoms with van der Waals surface area (Å²) in [5.74, 6) is 1.86. The Balaban J connectivity index is 1.34. The van der Waals surface area contributed by atoms with E-state index in [1.54, 1.807) is 7.11 Å². The van der Waals surface area contributed by atoms with Crippen LogP contribution in [0.3, 0.4) is 0 Å². The van der Waals surface area contributed by atoms with E-state index in [2.05, 4.69) is 38.8 Å². The van der Waals surface area contributed by atoms with E-state index in [0.717, 1.165) is 50.0 Å². The first-order chi connectivity index (χ1) is 18.1. The highest BCUT2D eigenvalue weighted by Crippen LogP contribution is 2.35. The zero-order valence-electron chi connectivity index (χ0n) is 21.8. The predicted molar refractivity (Wildman–Crippen MR) is 140 cm³/mol. The van der Waals surface area contributed by atoms with Gasteiger partial charge < -0.3 is 24.2 Å². The minimum absolute atomic E-state index is 0.0251. The highest BCUT2D eigenvalue weighted by Gasteiger charge is 2.32. The molecule has 3 aromatic rings. The third-order valence-corrected chi connectivity index (χ3v) is 8.28. The number of benzene rings is 1. The fraction of sp³-hybridized carbons (Fsp3) is 0.593. The summed E-state index contributed by atoms with van der Waals surface area (Å²) in [6.07, 6.45) is 4.09. The van der Waals surface area contributed by atoms with E-state index in [4.69, 9.17) is 19.3 Å². The second kappa shape index (κ2) is 10.2. The van der Waals surface area contributed by atoms with Gasteiger partial charge in [0.1, 0.15) is 5.82 Å². The molecule has 0 saturated carbocycles. The minimum atomic E-state index is -0.192. The Bertz CT molecular complexity index is 1250. The number of nitrogens with zero attached hydrogens (tertiary/aromatic N) is 6. The van der Waals surface area contributed by atoms with Gasteiger partial charge in [-0.15, -0.1) is 0 Å². The van der Waals surface area contributed by atoms with E-state index in [1.165, 1.54) is 11.1 Å². The molecule has 0 amide bonds. The molecular formula is C27H36N6O4. The van der Waals surface area contributed by atoms with Crippen LogP contribution in [-0.2, 0) is 9.47 Å². The summed E-state index contributed by atoms with van der Waals surface area (Å²) in [5.41, 5.74) is 3.73. The number of likely N-dealkylation sites (tertiary alicyclic amines) is 1. The number of aliphatic hydroxyl groups is 1. The molecule has 2 unspecified atom stereocenters. The number of ether oxygens (including phenoxy) is 3. The molecule has 2 atom stereocenters. The number of piperidine rings is 1. The molecule has 37 heavy (non-hydrogen) atoms. The molecule has 3 aliphatic rings. The van der Waals surface area contributed by atoms with Crippen molar-refractivity contribution in [2.45, 2.75) is 50.8 Å². The van der Waals surface area contributed by atoms with Crippen LogP contribution in [0, 0.1) is 6.92 Å². The van der Waals surface area contributed by atoms with Crippen LogP contribution < -0.4 is 9.64 Å². The topological polar surface area (TPSA) is 98.0 Å². The number of aromatic nitrogens is 4. The lowest BCUT2D eigenvalue weighted by Gasteiger charge is -2.41. The summed E-state index contributed by atoms with van der Waals surface area (Å²) in [5, 5.41) is 15.8. The Morgan fingerprint density at radius 3 is 2.57 bits per heavy atom. The van der Waals surface area contributed by atoms with Gasteiger partial charge in [0.15, 0.2) is 5.82 Å². The van der Waals surface area contributed by atoms with Crippen LogP contribution >= 0.6 is 0 Å². The second-order valence-corrected chi connectivity index (χ2v) is 10.4. The maximum absolute atomic E-state index is 10.0. The Morgan fingerprint density at radius 1 is 1.08 bits per heavy atom. The normalized spacial score (nSPS) is 23.9. The molecule has 3 fully saturated rings. The third-order valence-electron chi connectivity index (χ3n) is 8.28. The standard InChI is InChI=1S/C27H36N6O4/c1-17-10-20-13-28-33(23(20)11-22(17)19-4-6-31(7-5-19)21-15-36-16-21)26-12-25(29-27(30-26)35-3)32-8-9-37-18(2)24(32)14-34/h10-13,18-19,21,24,34H,4-9,14-16H2,1-3H3. The average molecular weight is 509 g/mol. The van der Waals surface area contributed by atoms with Crippen molar-refractivity contribution in [3.63, 3.8) is 0 Å². The van der Waals surface area contributed by atoms with Gasteiger partial charge in [-0.1, -0.05) is 0 Å². The molecule has 1 N–H and O–H groups in total. The van der Waals surface area contributed by atoms with E-state index >= 15 is 0 Å². The molecule has 10 heteroatoms. The van der Waals surface area contributed by atoms with Crippen molar-refractivity contribution >= 4 is 16.7 Å². The number of hydrogen-bond donors (Lipinski definition) is 1. The molecular weight excluding hydrogens is 472 g/mol. The summed E-state index contributed by atoms with van der Waals surface area (Å²) < 4.78 is 18.5. The smallest absolute Gasteiger partial charge is 0.320 e. The quantitative estimate of drug-likeness (QED) is 0.538. The van der Waals surface area contributed by atoms with E-state index in [0.29, 0.717) is 36.7 Å². The van der Waals surface area contributed by atoms with Crippen molar-refractivity contribution in [2.75, 3.05) is 58.1 Å². The number of rotatable bonds is 6. The SMILES string of the molecule is COc1nc(N2CCOC(C)C2CO)cc(-n2ncc3cc(C)c(C4CCN(C5COC5)CC4)cc32)n1. The molecule has 1 aromatic carbocycles. The molecule has 0 bridgehead atoms. The van der Waals surface area contributed by atoms with E-state index < -0.39 is 0 Å². The number of anilines is 1. The molecule has 3 aliphatic heterocycles. The third kappa shape index (κ3) is 4.56. The van der Waals surface area contributed by atoms with E-state index in [-0.39, 0.29) is 24.8 Å². The number of aliphatic hydroxyl groups excluding tert-OH is 1. The summed E-state index contributed by atoms with van der Waals surface area (Å²) in [7, 11) is 1.57. The second-order valence-electron chi connectivity index (χ2n) is 10.4. The minimum Gasteiger partial charge on any atom is -0.467 e. The Labute approximate surface area is 217 Å². The number of aryl methyl sites for hydroxylation is 1. The van der Waals surface area contributed by atoms with Crippen molar-refractivity contribution in [2.24, 2.45) is 0 Å². The molecule has 6 rings (SSSR count). The Kier molecular flexibility index (Phi) is 6.74. The summed E-state index contributed by atoms with van der Waals surface area (Å²) in [4.78, 5) is 13.9. The average Bonchev–Trinajstić information content (AvgIpc) is 3.30. The first-order valence-corrected chi connectivity index (χ1v) is 13.3. The fourth-order valence-electron chi connectivity index (χ4n) is 5.98. The van der Waals surface area contributed by atoms with Gasteiger partial charge in [0.05, 0.1) is 63.4 Å². The first-order valence-electron chi connectivity index (χ1n) is 13.3. The van der Waals surface area contributed by atoms with Crippen LogP contribution in [0.4, 0.5) is 5.82 Å². The Hall–Kier alpha value is -2.79. The van der Waals surface area contributed by atoms with Crippen molar-refractivity contribution in [1.29, 1.82) is 0 Å². The van der Waals surface area contributed by atoms with Gasteiger partial charge in [0.2, 0.25) is 0 Å². The van der Waals surface area contributed by atoms with Gasteiger partial charge in [0.25, 0.3) is 0 Å². The number of hydrogen-bond acceptors (Lipinski definition) is 9. The van der Waals surface area contributed by atoms with E-state index in [1.807, 2.05) is 23.9 Å². The summed E-state index contributed by atoms with van der Waals surface area (Å²) >= 11 is 0. The van der Waals surface area contributed by atoms with E-state index in [9.17, 15) is 5.11 Å². The zero-order valence-corrected chi connectivity index (χ0v) is 21.8. The van der Waals surface area contributed by atoms with Crippen LogP contribution in [0.5, 0.6) is 6.01 Å². The van der Waals surface area contributed by atoms with Crippen LogP contribution in [0.1, 0.15) is 36.8 Å². The molecule has 0 aliphatic carbocycles. The maximum atomic E-state index is 10.0. The number of methoxy groups -OCH3 is 1. The molecule has 10 nitrogen and oxygen atoms in total. The Morgan fingerprint density at radius 2 is 1.86 bits per heavy atom. The molecule has 0 spiro atoms. The lowest BCUT2D eigenvalue weighted by Crippen LogP contribution is -2.52. The zero-order chi connectivity index (χ0) is 25.5. The first kappa shape index (κ1) is 24.5. The molecule has 3 saturated heterocycles. The summed E-state index contributed by atoms with van der Waals surface area (Å²) in [6.45, 7) is 9.34. The van der Waals surface area contributed by atoms with Crippen LogP contribution in [0.2, 0.25) is 0 Å². The lowest BCUT2D eigenvalue weighted by molar-refractivity contribution is -0.0712. The van der Waals surface area contributed by atoms with Crippen LogP contribution in [0.15, 0.2) is 24.4 Å². The van der Waals surface area contributed by atoms with Crippen LogP contribution in [0.25, 0.3) is 16.7 Å². The van der Waals surface area contributed by atoms with Gasteiger partial charge in [-0.3, -0.25) is 4.90 Å². The van der Waals surface area contributed by atoms with Gasteiger partial charge in [-0.25, -0.2) is 4.68 Å². The largest absolute Gasteiger partial charge is 0.467 e. The molecule has 198 valence electrons. The molecule has 5 heterocycles. The fourth-order valence-corrected chi connectivity index (χ4v) is 5.98. The predicted octanol–water partition coefficient (Wildman–Crippen LogP) is 2.30. The van der Waals surface area contributed by atoms with Gasteiger partial charge >= 0.3 is 6.01 Å². The van der Waals surface area contributed by atoms with Crippen LogP contribution in [-0.4, -0.2) is 101 Å². The van der Waals surface area contributed by atoms with Crippen molar-refractivity contribution in [3.05, 3.63) is 35.5 Å². The lowest BCUT2D eigenvalue weighted by atomic mass is 9.85. The number of fused-ring (bicyclic) bond motifs is 1. The molecule has 0 radical (unpaired) electrons. The summed E-state index contributed by atoms with van der Waals surface area (Å²) in [6, 6.07) is 7.15. The van der Waals surface area contributed by atoms with Crippen molar-refractivity contribution in [3.8, 4) is 11.8 Å². The highest BCUT2D eigenvalue weighted by atomic mass is 16.5. The van der Waals surface area contributed by atoms with Crippen molar-refractivity contribution < 1.29 is 19.3 Å². The number of morpholine rings is 1.